The minimum Gasteiger partial charge on any atom is -0.352 e. The zero-order valence-corrected chi connectivity index (χ0v) is 10.6. The topological polar surface area (TPSA) is 57.8 Å². The van der Waals surface area contributed by atoms with Crippen LogP contribution >= 0.6 is 11.6 Å². The first-order valence-corrected chi connectivity index (χ1v) is 6.15. The number of carbonyl (C=O) groups excluding carboxylic acids is 1. The van der Waals surface area contributed by atoms with Gasteiger partial charge in [0, 0.05) is 35.9 Å². The SMILES string of the molecule is O=C(NCCCc1ncc[nH]1)c1cccc(Cl)c1. The lowest BCUT2D eigenvalue weighted by Gasteiger charge is -2.04. The Kier molecular flexibility index (Phi) is 4.36. The van der Waals surface area contributed by atoms with Gasteiger partial charge in [-0.15, -0.1) is 0 Å². The highest BCUT2D eigenvalue weighted by Gasteiger charge is 2.04. The molecule has 94 valence electrons. The van der Waals surface area contributed by atoms with E-state index in [1.165, 1.54) is 0 Å². The number of rotatable bonds is 5. The molecule has 0 aliphatic heterocycles. The van der Waals surface area contributed by atoms with Crippen molar-refractivity contribution in [3.63, 3.8) is 0 Å². The van der Waals surface area contributed by atoms with Gasteiger partial charge < -0.3 is 10.3 Å². The highest BCUT2D eigenvalue weighted by atomic mass is 35.5. The molecule has 0 fully saturated rings. The Morgan fingerprint density at radius 2 is 2.33 bits per heavy atom. The van der Waals surface area contributed by atoms with Crippen molar-refractivity contribution < 1.29 is 4.79 Å². The van der Waals surface area contributed by atoms with Gasteiger partial charge in [-0.3, -0.25) is 4.79 Å². The van der Waals surface area contributed by atoms with Gasteiger partial charge in [-0.1, -0.05) is 17.7 Å². The lowest BCUT2D eigenvalue weighted by atomic mass is 10.2. The summed E-state index contributed by atoms with van der Waals surface area (Å²) in [5.74, 6) is 0.837. The minimum atomic E-state index is -0.100. The third kappa shape index (κ3) is 3.60. The molecule has 2 rings (SSSR count). The molecule has 0 unspecified atom stereocenters. The van der Waals surface area contributed by atoms with Crippen molar-refractivity contribution in [2.75, 3.05) is 6.54 Å². The van der Waals surface area contributed by atoms with E-state index in [1.807, 2.05) is 0 Å². The van der Waals surface area contributed by atoms with E-state index >= 15 is 0 Å². The maximum absolute atomic E-state index is 11.8. The molecule has 1 amide bonds. The molecule has 0 spiro atoms. The largest absolute Gasteiger partial charge is 0.352 e. The van der Waals surface area contributed by atoms with Crippen molar-refractivity contribution in [1.29, 1.82) is 0 Å². The second kappa shape index (κ2) is 6.21. The van der Waals surface area contributed by atoms with E-state index in [1.54, 1.807) is 36.7 Å². The fourth-order valence-corrected chi connectivity index (χ4v) is 1.81. The van der Waals surface area contributed by atoms with Gasteiger partial charge in [-0.05, 0) is 24.6 Å². The Balaban J connectivity index is 1.75. The molecule has 0 radical (unpaired) electrons. The summed E-state index contributed by atoms with van der Waals surface area (Å²) < 4.78 is 0. The van der Waals surface area contributed by atoms with Crippen LogP contribution in [0.5, 0.6) is 0 Å². The summed E-state index contributed by atoms with van der Waals surface area (Å²) in [6.07, 6.45) is 5.18. The van der Waals surface area contributed by atoms with Crippen LogP contribution in [0.4, 0.5) is 0 Å². The summed E-state index contributed by atoms with van der Waals surface area (Å²) >= 11 is 5.83. The molecule has 1 heterocycles. The first kappa shape index (κ1) is 12.6. The smallest absolute Gasteiger partial charge is 0.251 e. The highest BCUT2D eigenvalue weighted by Crippen LogP contribution is 2.10. The molecule has 0 aliphatic carbocycles. The van der Waals surface area contributed by atoms with Gasteiger partial charge >= 0.3 is 0 Å². The van der Waals surface area contributed by atoms with Gasteiger partial charge in [-0.2, -0.15) is 0 Å². The number of nitrogens with one attached hydrogen (secondary N) is 2. The number of aromatic amines is 1. The summed E-state index contributed by atoms with van der Waals surface area (Å²) in [5, 5.41) is 3.42. The zero-order valence-electron chi connectivity index (χ0n) is 9.82. The first-order chi connectivity index (χ1) is 8.75. The molecule has 0 saturated carbocycles. The summed E-state index contributed by atoms with van der Waals surface area (Å²) in [7, 11) is 0. The number of imidazole rings is 1. The van der Waals surface area contributed by atoms with Crippen molar-refractivity contribution in [1.82, 2.24) is 15.3 Å². The minimum absolute atomic E-state index is 0.100. The van der Waals surface area contributed by atoms with E-state index in [0.717, 1.165) is 18.7 Å². The Labute approximate surface area is 110 Å². The van der Waals surface area contributed by atoms with E-state index < -0.39 is 0 Å². The predicted octanol–water partition coefficient (Wildman–Crippen LogP) is 2.43. The Bertz CT molecular complexity index is 511. The van der Waals surface area contributed by atoms with E-state index in [-0.39, 0.29) is 5.91 Å². The van der Waals surface area contributed by atoms with Gasteiger partial charge in [0.25, 0.3) is 5.91 Å². The lowest BCUT2D eigenvalue weighted by molar-refractivity contribution is 0.0953. The van der Waals surface area contributed by atoms with Crippen LogP contribution in [0.1, 0.15) is 22.6 Å². The molecule has 1 aromatic carbocycles. The van der Waals surface area contributed by atoms with Crippen LogP contribution in [0.3, 0.4) is 0 Å². The quantitative estimate of drug-likeness (QED) is 0.814. The second-order valence-electron chi connectivity index (χ2n) is 3.91. The van der Waals surface area contributed by atoms with Crippen molar-refractivity contribution in [2.45, 2.75) is 12.8 Å². The van der Waals surface area contributed by atoms with Crippen molar-refractivity contribution in [3.8, 4) is 0 Å². The van der Waals surface area contributed by atoms with E-state index in [9.17, 15) is 4.79 Å². The van der Waals surface area contributed by atoms with Crippen LogP contribution in [0, 0.1) is 0 Å². The molecule has 0 bridgehead atoms. The maximum Gasteiger partial charge on any atom is 0.251 e. The fourth-order valence-electron chi connectivity index (χ4n) is 1.62. The fraction of sp³-hybridized carbons (Fsp3) is 0.231. The van der Waals surface area contributed by atoms with Crippen LogP contribution < -0.4 is 5.32 Å². The molecule has 2 N–H and O–H groups in total. The molecule has 2 aromatic rings. The number of carbonyl (C=O) groups is 1. The molecule has 0 saturated heterocycles. The van der Waals surface area contributed by atoms with Crippen LogP contribution in [-0.4, -0.2) is 22.4 Å². The number of nitrogens with zero attached hydrogens (tertiary/aromatic N) is 1. The lowest BCUT2D eigenvalue weighted by Crippen LogP contribution is -2.24. The van der Waals surface area contributed by atoms with E-state index in [2.05, 4.69) is 15.3 Å². The average Bonchev–Trinajstić information content (AvgIpc) is 2.87. The van der Waals surface area contributed by atoms with Gasteiger partial charge in [0.15, 0.2) is 0 Å². The Morgan fingerprint density at radius 1 is 1.44 bits per heavy atom. The molecule has 4 nitrogen and oxygen atoms in total. The van der Waals surface area contributed by atoms with Crippen molar-refractivity contribution in [3.05, 3.63) is 53.1 Å². The second-order valence-corrected chi connectivity index (χ2v) is 4.34. The van der Waals surface area contributed by atoms with Crippen LogP contribution in [0.2, 0.25) is 5.02 Å². The monoisotopic (exact) mass is 263 g/mol. The first-order valence-electron chi connectivity index (χ1n) is 5.78. The number of benzene rings is 1. The van der Waals surface area contributed by atoms with E-state index in [0.29, 0.717) is 17.1 Å². The van der Waals surface area contributed by atoms with E-state index in [4.69, 9.17) is 11.6 Å². The third-order valence-electron chi connectivity index (χ3n) is 2.52. The van der Waals surface area contributed by atoms with Crippen LogP contribution in [-0.2, 0) is 6.42 Å². The number of hydrogen-bond acceptors (Lipinski definition) is 2. The molecule has 1 aromatic heterocycles. The molecule has 18 heavy (non-hydrogen) atoms. The van der Waals surface area contributed by atoms with Gasteiger partial charge in [0.1, 0.15) is 5.82 Å². The van der Waals surface area contributed by atoms with Crippen LogP contribution in [0.15, 0.2) is 36.7 Å². The van der Waals surface area contributed by atoms with Crippen molar-refractivity contribution in [2.24, 2.45) is 0 Å². The molecular formula is C13H14ClN3O. The van der Waals surface area contributed by atoms with Crippen molar-refractivity contribution >= 4 is 17.5 Å². The summed E-state index contributed by atoms with van der Waals surface area (Å²) in [4.78, 5) is 18.9. The summed E-state index contributed by atoms with van der Waals surface area (Å²) in [5.41, 5.74) is 0.584. The Hall–Kier alpha value is -1.81. The predicted molar refractivity (Wildman–Crippen MR) is 70.7 cm³/mol. The molecule has 5 heteroatoms. The third-order valence-corrected chi connectivity index (χ3v) is 2.75. The van der Waals surface area contributed by atoms with Crippen LogP contribution in [0.25, 0.3) is 0 Å². The zero-order chi connectivity index (χ0) is 12.8. The highest BCUT2D eigenvalue weighted by molar-refractivity contribution is 6.30. The number of H-pyrrole nitrogens is 1. The molecule has 0 atom stereocenters. The maximum atomic E-state index is 11.8. The van der Waals surface area contributed by atoms with Gasteiger partial charge in [-0.25, -0.2) is 4.98 Å². The van der Waals surface area contributed by atoms with Gasteiger partial charge in [0.05, 0.1) is 0 Å². The number of aryl methyl sites for hydroxylation is 1. The number of halogens is 1. The standard InChI is InChI=1S/C13H14ClN3O/c14-11-4-1-3-10(9-11)13(18)17-6-2-5-12-15-7-8-16-12/h1,3-4,7-9H,2,5-6H2,(H,15,16)(H,17,18). The number of hydrogen-bond donors (Lipinski definition) is 2. The normalized spacial score (nSPS) is 10.3. The molecule has 0 aliphatic rings. The molecular weight excluding hydrogens is 250 g/mol. The van der Waals surface area contributed by atoms with Gasteiger partial charge in [0.2, 0.25) is 0 Å². The summed E-state index contributed by atoms with van der Waals surface area (Å²) in [6, 6.07) is 6.91. The number of aromatic nitrogens is 2. The number of amides is 1. The Morgan fingerprint density at radius 3 is 3.06 bits per heavy atom. The average molecular weight is 264 g/mol. The summed E-state index contributed by atoms with van der Waals surface area (Å²) in [6.45, 7) is 0.617.